The van der Waals surface area contributed by atoms with E-state index in [2.05, 4.69) is 20.3 Å². The molecular weight excluding hydrogens is 511 g/mol. The van der Waals surface area contributed by atoms with Crippen LogP contribution in [0.2, 0.25) is 0 Å². The summed E-state index contributed by atoms with van der Waals surface area (Å²) in [6.07, 6.45) is -2.30. The van der Waals surface area contributed by atoms with E-state index in [9.17, 15) is 31.2 Å². The number of urea groups is 1. The molecule has 0 radical (unpaired) electrons. The molecule has 1 fully saturated rings. The van der Waals surface area contributed by atoms with Crippen LogP contribution < -0.4 is 20.3 Å². The van der Waals surface area contributed by atoms with Crippen LogP contribution in [0.15, 0.2) is 66.9 Å². The van der Waals surface area contributed by atoms with Crippen LogP contribution in [0, 0.1) is 0 Å². The monoisotopic (exact) mass is 533 g/mol. The molecule has 0 saturated carbocycles. The summed E-state index contributed by atoms with van der Waals surface area (Å²) in [6, 6.07) is 14.1. The van der Waals surface area contributed by atoms with E-state index in [-0.39, 0.29) is 11.6 Å². The fourth-order valence-corrected chi connectivity index (χ4v) is 4.45. The Morgan fingerprint density at radius 1 is 1.05 bits per heavy atom. The molecule has 194 valence electrons. The fourth-order valence-electron chi connectivity index (χ4n) is 3.88. The van der Waals surface area contributed by atoms with Gasteiger partial charge in [-0.15, -0.1) is 0 Å². The second-order valence-corrected chi connectivity index (χ2v) is 10.1. The number of anilines is 3. The van der Waals surface area contributed by atoms with Crippen molar-refractivity contribution in [2.45, 2.75) is 18.6 Å². The molecule has 3 N–H and O–H groups in total. The van der Waals surface area contributed by atoms with Gasteiger partial charge in [-0.3, -0.25) is 9.52 Å². The zero-order valence-corrected chi connectivity index (χ0v) is 20.2. The van der Waals surface area contributed by atoms with Crippen LogP contribution in [-0.4, -0.2) is 44.2 Å². The smallest absolute Gasteiger partial charge is 0.326 e. The van der Waals surface area contributed by atoms with Crippen molar-refractivity contribution in [3.63, 3.8) is 0 Å². The van der Waals surface area contributed by atoms with Crippen LogP contribution in [0.1, 0.15) is 12.1 Å². The first-order chi connectivity index (χ1) is 17.4. The number of sulfonamides is 1. The molecular formula is C24H22F3N5O4S. The number of hydrogen-bond acceptors (Lipinski definition) is 5. The normalized spacial score (nSPS) is 15.9. The largest absolute Gasteiger partial charge is 0.433 e. The summed E-state index contributed by atoms with van der Waals surface area (Å²) in [6.45, 7) is 0.344. The molecule has 4 rings (SSSR count). The molecule has 1 aliphatic rings. The highest BCUT2D eigenvalue weighted by molar-refractivity contribution is 7.92. The lowest BCUT2D eigenvalue weighted by atomic mass is 10.0. The van der Waals surface area contributed by atoms with Gasteiger partial charge in [-0.25, -0.2) is 18.2 Å². The Hall–Kier alpha value is -4.13. The average molecular weight is 534 g/mol. The summed E-state index contributed by atoms with van der Waals surface area (Å²) in [5.74, 6) is -0.340. The number of carbonyl (C=O) groups is 2. The van der Waals surface area contributed by atoms with Crippen molar-refractivity contribution < 1.29 is 31.2 Å². The van der Waals surface area contributed by atoms with Crippen molar-refractivity contribution in [2.75, 3.05) is 27.7 Å². The second kappa shape index (κ2) is 10.1. The summed E-state index contributed by atoms with van der Waals surface area (Å²) in [7, 11) is -3.47. The van der Waals surface area contributed by atoms with Crippen molar-refractivity contribution in [3.8, 4) is 11.1 Å². The maximum Gasteiger partial charge on any atom is 0.433 e. The predicted molar refractivity (Wildman–Crippen MR) is 132 cm³/mol. The lowest BCUT2D eigenvalue weighted by molar-refractivity contribution is -0.141. The Kier molecular flexibility index (Phi) is 7.07. The second-order valence-electron chi connectivity index (χ2n) is 8.33. The Labute approximate surface area is 210 Å². The van der Waals surface area contributed by atoms with Crippen LogP contribution in [0.4, 0.5) is 35.0 Å². The molecule has 0 spiro atoms. The molecule has 3 aromatic rings. The van der Waals surface area contributed by atoms with Crippen molar-refractivity contribution in [3.05, 3.63) is 72.6 Å². The SMILES string of the molecule is CS(=O)(=O)Nc1ccccc1-c1ccc(N2CC[C@@H](NC(=O)Nc3ccc(C(F)(F)F)nc3)C2=O)cc1. The maximum absolute atomic E-state index is 12.9. The Morgan fingerprint density at radius 2 is 1.76 bits per heavy atom. The van der Waals surface area contributed by atoms with Gasteiger partial charge in [-0.05, 0) is 42.3 Å². The molecule has 1 aliphatic heterocycles. The standard InChI is InChI=1S/C24H22F3N5O4S/c1-37(35,36)31-19-5-3-2-4-18(19)15-6-9-17(10-7-15)32-13-12-20(22(32)33)30-23(34)29-16-8-11-21(28-14-16)24(25,26)27/h2-11,14,20,31H,12-13H2,1H3,(H2,29,30,34)/t20-/m1/s1. The van der Waals surface area contributed by atoms with Crippen LogP contribution in [-0.2, 0) is 21.0 Å². The van der Waals surface area contributed by atoms with E-state index in [1.807, 2.05) is 0 Å². The summed E-state index contributed by atoms with van der Waals surface area (Å²) in [5.41, 5.74) is 1.39. The number of alkyl halides is 3. The Bertz CT molecular complexity index is 1410. The first-order valence-electron chi connectivity index (χ1n) is 11.0. The average Bonchev–Trinajstić information content (AvgIpc) is 3.18. The number of benzene rings is 2. The zero-order chi connectivity index (χ0) is 26.8. The summed E-state index contributed by atoms with van der Waals surface area (Å²) >= 11 is 0. The molecule has 37 heavy (non-hydrogen) atoms. The Balaban J connectivity index is 1.39. The third kappa shape index (κ3) is 6.36. The summed E-state index contributed by atoms with van der Waals surface area (Å²) in [5, 5.41) is 4.90. The van der Waals surface area contributed by atoms with Gasteiger partial charge < -0.3 is 15.5 Å². The number of hydrogen-bond donors (Lipinski definition) is 3. The van der Waals surface area contributed by atoms with E-state index >= 15 is 0 Å². The third-order valence-corrected chi connectivity index (χ3v) is 6.13. The minimum Gasteiger partial charge on any atom is -0.326 e. The highest BCUT2D eigenvalue weighted by Crippen LogP contribution is 2.31. The van der Waals surface area contributed by atoms with Crippen molar-refractivity contribution in [1.82, 2.24) is 10.3 Å². The van der Waals surface area contributed by atoms with E-state index in [0.717, 1.165) is 30.1 Å². The highest BCUT2D eigenvalue weighted by Gasteiger charge is 2.34. The molecule has 0 unspecified atom stereocenters. The number of carbonyl (C=O) groups excluding carboxylic acids is 2. The molecule has 0 aliphatic carbocycles. The number of halogens is 3. The van der Waals surface area contributed by atoms with Crippen molar-refractivity contribution in [2.24, 2.45) is 0 Å². The first-order valence-corrected chi connectivity index (χ1v) is 12.9. The number of pyridine rings is 1. The molecule has 1 aromatic heterocycles. The fraction of sp³-hybridized carbons (Fsp3) is 0.208. The van der Waals surface area contributed by atoms with Gasteiger partial charge in [-0.2, -0.15) is 13.2 Å². The van der Waals surface area contributed by atoms with Gasteiger partial charge >= 0.3 is 12.2 Å². The van der Waals surface area contributed by atoms with E-state index in [1.54, 1.807) is 48.5 Å². The molecule has 2 aromatic carbocycles. The first kappa shape index (κ1) is 25.9. The van der Waals surface area contributed by atoms with E-state index < -0.39 is 34.0 Å². The van der Waals surface area contributed by atoms with Crippen LogP contribution >= 0.6 is 0 Å². The molecule has 9 nitrogen and oxygen atoms in total. The minimum absolute atomic E-state index is 0.0500. The third-order valence-electron chi connectivity index (χ3n) is 5.54. The number of amides is 3. The molecule has 1 saturated heterocycles. The van der Waals surface area contributed by atoms with E-state index in [0.29, 0.717) is 29.9 Å². The van der Waals surface area contributed by atoms with Gasteiger partial charge in [0.15, 0.2) is 0 Å². The van der Waals surface area contributed by atoms with E-state index in [1.165, 1.54) is 4.90 Å². The van der Waals surface area contributed by atoms with Crippen LogP contribution in [0.3, 0.4) is 0 Å². The van der Waals surface area contributed by atoms with Crippen molar-refractivity contribution in [1.29, 1.82) is 0 Å². The van der Waals surface area contributed by atoms with Crippen LogP contribution in [0.5, 0.6) is 0 Å². The topological polar surface area (TPSA) is 120 Å². The predicted octanol–water partition coefficient (Wildman–Crippen LogP) is 4.07. The van der Waals surface area contributed by atoms with Crippen molar-refractivity contribution >= 4 is 39.0 Å². The number of para-hydroxylation sites is 1. The molecule has 1 atom stereocenters. The van der Waals surface area contributed by atoms with Gasteiger partial charge in [0, 0.05) is 17.8 Å². The number of nitrogens with one attached hydrogen (secondary N) is 3. The maximum atomic E-state index is 12.9. The minimum atomic E-state index is -4.59. The van der Waals surface area contributed by atoms with E-state index in [4.69, 9.17) is 0 Å². The highest BCUT2D eigenvalue weighted by atomic mass is 32.2. The molecule has 3 amide bonds. The molecule has 0 bridgehead atoms. The number of nitrogens with zero attached hydrogens (tertiary/aromatic N) is 2. The summed E-state index contributed by atoms with van der Waals surface area (Å²) < 4.78 is 63.7. The van der Waals surface area contributed by atoms with Gasteiger partial charge in [0.2, 0.25) is 15.9 Å². The lowest BCUT2D eigenvalue weighted by Gasteiger charge is -2.18. The Morgan fingerprint density at radius 3 is 2.38 bits per heavy atom. The van der Waals surface area contributed by atoms with Gasteiger partial charge in [-0.1, -0.05) is 30.3 Å². The number of aromatic nitrogens is 1. The molecule has 13 heteroatoms. The summed E-state index contributed by atoms with van der Waals surface area (Å²) in [4.78, 5) is 29.9. The zero-order valence-electron chi connectivity index (χ0n) is 19.4. The molecule has 2 heterocycles. The van der Waals surface area contributed by atoms with Gasteiger partial charge in [0.25, 0.3) is 0 Å². The van der Waals surface area contributed by atoms with Crippen LogP contribution in [0.25, 0.3) is 11.1 Å². The van der Waals surface area contributed by atoms with Gasteiger partial charge in [0.05, 0.1) is 23.8 Å². The van der Waals surface area contributed by atoms with Gasteiger partial charge in [0.1, 0.15) is 11.7 Å². The lowest BCUT2D eigenvalue weighted by Crippen LogP contribution is -2.43. The quantitative estimate of drug-likeness (QED) is 0.441. The number of rotatable bonds is 6.